The molecule has 0 bridgehead atoms. The summed E-state index contributed by atoms with van der Waals surface area (Å²) >= 11 is 0. The molecular formula is C28H28SiZr. The fourth-order valence-electron chi connectivity index (χ4n) is 3.56. The van der Waals surface area contributed by atoms with E-state index in [0.717, 1.165) is 9.52 Å². The SMILES string of the molecule is C[Si]C.Cc1cc2c(-c3ccccc3)cccc2[cH-]1.Cc1cc2ccccc2[cH-]1.[Zr+2]. The Labute approximate surface area is 202 Å². The van der Waals surface area contributed by atoms with Crippen LogP contribution in [0.15, 0.2) is 97.1 Å². The average molecular weight is 484 g/mol. The molecular weight excluding hydrogens is 456 g/mol. The molecule has 0 heterocycles. The van der Waals surface area contributed by atoms with Gasteiger partial charge in [-0.25, -0.2) is 0 Å². The van der Waals surface area contributed by atoms with Crippen LogP contribution in [-0.4, -0.2) is 9.52 Å². The monoisotopic (exact) mass is 482 g/mol. The number of benzene rings is 3. The van der Waals surface area contributed by atoms with Crippen molar-refractivity contribution < 1.29 is 26.2 Å². The Bertz CT molecular complexity index is 1130. The van der Waals surface area contributed by atoms with Crippen LogP contribution in [0.25, 0.3) is 32.7 Å². The smallest absolute Gasteiger partial charge is 0.165 e. The van der Waals surface area contributed by atoms with Crippen LogP contribution in [0.2, 0.25) is 13.1 Å². The first-order chi connectivity index (χ1) is 14.1. The van der Waals surface area contributed by atoms with Crippen molar-refractivity contribution in [3.63, 3.8) is 0 Å². The van der Waals surface area contributed by atoms with Crippen LogP contribution >= 0.6 is 0 Å². The first-order valence-electron chi connectivity index (χ1n) is 10.0. The largest absolute Gasteiger partial charge is 2.00 e. The van der Waals surface area contributed by atoms with E-state index in [1.807, 2.05) is 0 Å². The summed E-state index contributed by atoms with van der Waals surface area (Å²) in [5, 5.41) is 5.38. The third-order valence-electron chi connectivity index (χ3n) is 4.74. The van der Waals surface area contributed by atoms with Gasteiger partial charge >= 0.3 is 26.2 Å². The van der Waals surface area contributed by atoms with Gasteiger partial charge in [-0.1, -0.05) is 75.0 Å². The molecule has 0 aromatic heterocycles. The summed E-state index contributed by atoms with van der Waals surface area (Å²) in [5.74, 6) is 0. The summed E-state index contributed by atoms with van der Waals surface area (Å²) in [4.78, 5) is 0. The molecule has 5 rings (SSSR count). The van der Waals surface area contributed by atoms with E-state index in [9.17, 15) is 0 Å². The van der Waals surface area contributed by atoms with Crippen LogP contribution in [0.4, 0.5) is 0 Å². The topological polar surface area (TPSA) is 0 Å². The zero-order chi connectivity index (χ0) is 20.6. The van der Waals surface area contributed by atoms with Gasteiger partial charge in [0.2, 0.25) is 0 Å². The fraction of sp³-hybridized carbons (Fsp3) is 0.143. The maximum Gasteiger partial charge on any atom is 2.00 e. The molecule has 0 amide bonds. The Balaban J connectivity index is 0.000000197. The molecule has 2 radical (unpaired) electrons. The van der Waals surface area contributed by atoms with E-state index >= 15 is 0 Å². The molecule has 0 aliphatic rings. The minimum Gasteiger partial charge on any atom is -0.165 e. The predicted molar refractivity (Wildman–Crippen MR) is 131 cm³/mol. The normalized spacial score (nSPS) is 9.87. The van der Waals surface area contributed by atoms with Gasteiger partial charge in [0, 0.05) is 9.52 Å². The van der Waals surface area contributed by atoms with Gasteiger partial charge in [0.15, 0.2) is 0 Å². The predicted octanol–water partition coefficient (Wildman–Crippen LogP) is 8.19. The number of hydrogen-bond acceptors (Lipinski definition) is 0. The fourth-order valence-corrected chi connectivity index (χ4v) is 3.56. The number of aryl methyl sites for hydroxylation is 2. The Kier molecular flexibility index (Phi) is 9.69. The van der Waals surface area contributed by atoms with Crippen molar-refractivity contribution >= 4 is 31.1 Å². The number of hydrogen-bond donors (Lipinski definition) is 0. The van der Waals surface area contributed by atoms with Crippen LogP contribution in [0.1, 0.15) is 11.1 Å². The molecule has 5 aromatic rings. The van der Waals surface area contributed by atoms with E-state index in [2.05, 4.69) is 124 Å². The van der Waals surface area contributed by atoms with Crippen molar-refractivity contribution in [1.82, 2.24) is 0 Å². The Morgan fingerprint density at radius 1 is 0.633 bits per heavy atom. The Morgan fingerprint density at radius 3 is 1.90 bits per heavy atom. The number of rotatable bonds is 1. The van der Waals surface area contributed by atoms with Crippen molar-refractivity contribution in [3.05, 3.63) is 108 Å². The molecule has 0 unspecified atom stereocenters. The Hall–Kier alpha value is -2.02. The third-order valence-corrected chi connectivity index (χ3v) is 4.74. The van der Waals surface area contributed by atoms with Crippen molar-refractivity contribution in [1.29, 1.82) is 0 Å². The van der Waals surface area contributed by atoms with Crippen molar-refractivity contribution in [2.75, 3.05) is 0 Å². The van der Waals surface area contributed by atoms with Crippen LogP contribution in [0, 0.1) is 13.8 Å². The molecule has 5 aromatic carbocycles. The summed E-state index contributed by atoms with van der Waals surface area (Å²) in [6.07, 6.45) is 0. The average Bonchev–Trinajstić information content (AvgIpc) is 3.30. The quantitative estimate of drug-likeness (QED) is 0.166. The molecule has 0 nitrogen and oxygen atoms in total. The van der Waals surface area contributed by atoms with Crippen molar-refractivity contribution in [2.24, 2.45) is 0 Å². The van der Waals surface area contributed by atoms with Gasteiger partial charge in [-0.15, -0.1) is 75.1 Å². The second kappa shape index (κ2) is 12.0. The molecule has 0 saturated carbocycles. The molecule has 0 atom stereocenters. The van der Waals surface area contributed by atoms with E-state index in [1.54, 1.807) is 0 Å². The van der Waals surface area contributed by atoms with Gasteiger partial charge in [-0.3, -0.25) is 0 Å². The second-order valence-corrected chi connectivity index (χ2v) is 8.37. The summed E-state index contributed by atoms with van der Waals surface area (Å²) in [7, 11) is 1.08. The second-order valence-electron chi connectivity index (χ2n) is 7.37. The summed E-state index contributed by atoms with van der Waals surface area (Å²) in [6, 6.07) is 34.4. The third kappa shape index (κ3) is 6.24. The molecule has 0 saturated heterocycles. The molecule has 2 heteroatoms. The first kappa shape index (κ1) is 24.3. The van der Waals surface area contributed by atoms with Crippen LogP contribution in [0.3, 0.4) is 0 Å². The minimum atomic E-state index is 0. The molecule has 0 spiro atoms. The molecule has 148 valence electrons. The zero-order valence-electron chi connectivity index (χ0n) is 18.2. The van der Waals surface area contributed by atoms with E-state index in [1.165, 1.54) is 43.8 Å². The standard InChI is InChI=1S/C16H13.C10H9.C2H6Si.Zr/c1-12-10-14-8-5-9-15(16(14)11-12)13-6-3-2-4-7-13;1-8-6-9-4-2-3-5-10(9)7-8;1-3-2;/h2-11H,1H3;2-7H,1H3;1-2H3;/q2*-1;;+2. The number of fused-ring (bicyclic) bond motifs is 2. The van der Waals surface area contributed by atoms with Crippen molar-refractivity contribution in [3.8, 4) is 11.1 Å². The van der Waals surface area contributed by atoms with Gasteiger partial charge in [-0.2, -0.15) is 12.1 Å². The van der Waals surface area contributed by atoms with Gasteiger partial charge < -0.3 is 0 Å². The van der Waals surface area contributed by atoms with E-state index < -0.39 is 0 Å². The van der Waals surface area contributed by atoms with Gasteiger partial charge in [0.05, 0.1) is 0 Å². The van der Waals surface area contributed by atoms with Gasteiger partial charge in [-0.05, 0) is 5.56 Å². The molecule has 0 aliphatic heterocycles. The van der Waals surface area contributed by atoms with Crippen LogP contribution in [-0.2, 0) is 26.2 Å². The van der Waals surface area contributed by atoms with E-state index in [4.69, 9.17) is 0 Å². The zero-order valence-corrected chi connectivity index (χ0v) is 21.7. The Morgan fingerprint density at radius 2 is 1.20 bits per heavy atom. The van der Waals surface area contributed by atoms with Crippen LogP contribution < -0.4 is 0 Å². The maximum absolute atomic E-state index is 2.26. The summed E-state index contributed by atoms with van der Waals surface area (Å²) < 4.78 is 0. The maximum atomic E-state index is 2.26. The minimum absolute atomic E-state index is 0. The first-order valence-corrected chi connectivity index (χ1v) is 12.0. The molecule has 0 N–H and O–H groups in total. The van der Waals surface area contributed by atoms with E-state index in [0.29, 0.717) is 0 Å². The summed E-state index contributed by atoms with van der Waals surface area (Å²) in [5.41, 5.74) is 5.30. The molecule has 30 heavy (non-hydrogen) atoms. The van der Waals surface area contributed by atoms with Gasteiger partial charge in [0.1, 0.15) is 0 Å². The van der Waals surface area contributed by atoms with E-state index in [-0.39, 0.29) is 26.2 Å². The van der Waals surface area contributed by atoms with Gasteiger partial charge in [0.25, 0.3) is 0 Å². The molecule has 0 aliphatic carbocycles. The molecule has 0 fully saturated rings. The summed E-state index contributed by atoms with van der Waals surface area (Å²) in [6.45, 7) is 8.58. The van der Waals surface area contributed by atoms with Crippen molar-refractivity contribution in [2.45, 2.75) is 26.9 Å². The van der Waals surface area contributed by atoms with Crippen LogP contribution in [0.5, 0.6) is 0 Å².